The first-order chi connectivity index (χ1) is 16.6. The number of fused-ring (bicyclic) bond motifs is 1. The Bertz CT molecular complexity index is 1420. The SMILES string of the molecule is Cc1nc2nc(N3CCOC(c4cnn(C)c4)C3)nc(-c3ccc(C(F)(F)F)cc3F)c2nc1C. The number of anilines is 1. The van der Waals surface area contributed by atoms with E-state index in [2.05, 4.69) is 25.0 Å². The second-order valence-electron chi connectivity index (χ2n) is 8.38. The van der Waals surface area contributed by atoms with Crippen molar-refractivity contribution < 1.29 is 22.3 Å². The summed E-state index contributed by atoms with van der Waals surface area (Å²) in [6.07, 6.45) is -1.37. The summed E-state index contributed by atoms with van der Waals surface area (Å²) in [5.74, 6) is -0.789. The highest BCUT2D eigenvalue weighted by Gasteiger charge is 2.32. The van der Waals surface area contributed by atoms with Gasteiger partial charge in [-0.25, -0.2) is 19.3 Å². The molecular weight excluding hydrogens is 466 g/mol. The van der Waals surface area contributed by atoms with Crippen LogP contribution in [-0.4, -0.2) is 49.4 Å². The molecule has 8 nitrogen and oxygen atoms in total. The lowest BCUT2D eigenvalue weighted by molar-refractivity contribution is -0.137. The number of hydrogen-bond donors (Lipinski definition) is 0. The predicted molar refractivity (Wildman–Crippen MR) is 119 cm³/mol. The number of aromatic nitrogens is 6. The summed E-state index contributed by atoms with van der Waals surface area (Å²) >= 11 is 0. The molecule has 1 aliphatic rings. The van der Waals surface area contributed by atoms with Gasteiger partial charge in [0.2, 0.25) is 5.95 Å². The molecule has 182 valence electrons. The lowest BCUT2D eigenvalue weighted by Crippen LogP contribution is -2.39. The van der Waals surface area contributed by atoms with E-state index in [-0.39, 0.29) is 34.5 Å². The third kappa shape index (κ3) is 4.41. The molecule has 1 unspecified atom stereocenters. The number of hydrogen-bond acceptors (Lipinski definition) is 7. The average molecular weight is 487 g/mol. The first-order valence-electron chi connectivity index (χ1n) is 10.9. The Labute approximate surface area is 197 Å². The summed E-state index contributed by atoms with van der Waals surface area (Å²) in [5.41, 5.74) is 1.45. The fourth-order valence-electron chi connectivity index (χ4n) is 3.95. The molecule has 0 aliphatic carbocycles. The predicted octanol–water partition coefficient (Wildman–Crippen LogP) is 4.17. The van der Waals surface area contributed by atoms with Crippen LogP contribution < -0.4 is 4.90 Å². The van der Waals surface area contributed by atoms with Crippen molar-refractivity contribution in [2.75, 3.05) is 24.6 Å². The number of aryl methyl sites for hydroxylation is 3. The number of nitrogens with zero attached hydrogens (tertiary/aromatic N) is 7. The second kappa shape index (κ2) is 8.52. The molecule has 1 aliphatic heterocycles. The zero-order chi connectivity index (χ0) is 24.9. The molecular formula is C23H21F4N7O. The molecule has 1 aromatic carbocycles. The van der Waals surface area contributed by atoms with Crippen molar-refractivity contribution in [2.24, 2.45) is 7.05 Å². The molecule has 4 aromatic rings. The lowest BCUT2D eigenvalue weighted by atomic mass is 10.1. The average Bonchev–Trinajstić information content (AvgIpc) is 3.25. The zero-order valence-corrected chi connectivity index (χ0v) is 19.1. The lowest BCUT2D eigenvalue weighted by Gasteiger charge is -2.32. The number of ether oxygens (including phenoxy) is 1. The Kier molecular flexibility index (Phi) is 5.62. The fraction of sp³-hybridized carbons (Fsp3) is 0.348. The number of halogens is 4. The van der Waals surface area contributed by atoms with Crippen LogP contribution in [0.3, 0.4) is 0 Å². The van der Waals surface area contributed by atoms with Gasteiger partial charge in [-0.2, -0.15) is 23.3 Å². The van der Waals surface area contributed by atoms with Gasteiger partial charge in [-0.15, -0.1) is 0 Å². The summed E-state index contributed by atoms with van der Waals surface area (Å²) in [6.45, 7) is 4.78. The molecule has 0 bridgehead atoms. The summed E-state index contributed by atoms with van der Waals surface area (Å²) < 4.78 is 61.8. The number of morpholine rings is 1. The largest absolute Gasteiger partial charge is 0.416 e. The Hall–Kier alpha value is -3.67. The topological polar surface area (TPSA) is 81.9 Å². The highest BCUT2D eigenvalue weighted by atomic mass is 19.4. The molecule has 1 saturated heterocycles. The van der Waals surface area contributed by atoms with Crippen LogP contribution in [0.15, 0.2) is 30.6 Å². The van der Waals surface area contributed by atoms with E-state index in [0.717, 1.165) is 17.7 Å². The minimum absolute atomic E-state index is 0.0799. The van der Waals surface area contributed by atoms with Crippen molar-refractivity contribution in [3.05, 3.63) is 58.9 Å². The van der Waals surface area contributed by atoms with Gasteiger partial charge in [-0.1, -0.05) is 0 Å². The van der Waals surface area contributed by atoms with E-state index in [0.29, 0.717) is 37.2 Å². The molecule has 0 N–H and O–H groups in total. The molecule has 1 atom stereocenters. The van der Waals surface area contributed by atoms with Gasteiger partial charge in [-0.05, 0) is 32.0 Å². The van der Waals surface area contributed by atoms with Crippen molar-refractivity contribution in [3.63, 3.8) is 0 Å². The molecule has 4 heterocycles. The summed E-state index contributed by atoms with van der Waals surface area (Å²) in [5, 5.41) is 4.18. The molecule has 0 radical (unpaired) electrons. The maximum absolute atomic E-state index is 15.0. The third-order valence-corrected chi connectivity index (χ3v) is 5.93. The highest BCUT2D eigenvalue weighted by Crippen LogP contribution is 2.35. The minimum atomic E-state index is -4.67. The summed E-state index contributed by atoms with van der Waals surface area (Å²) in [7, 11) is 1.81. The van der Waals surface area contributed by atoms with E-state index in [4.69, 9.17) is 4.74 Å². The fourth-order valence-corrected chi connectivity index (χ4v) is 3.95. The van der Waals surface area contributed by atoms with Gasteiger partial charge in [0.1, 0.15) is 23.1 Å². The molecule has 0 saturated carbocycles. The summed E-state index contributed by atoms with van der Waals surface area (Å²) in [4.78, 5) is 20.0. The first kappa shape index (κ1) is 23.1. The van der Waals surface area contributed by atoms with Crippen LogP contribution in [0.1, 0.15) is 28.6 Å². The molecule has 5 rings (SSSR count). The molecule has 12 heteroatoms. The van der Waals surface area contributed by atoms with E-state index in [1.54, 1.807) is 24.7 Å². The van der Waals surface area contributed by atoms with Crippen molar-refractivity contribution in [1.29, 1.82) is 0 Å². The van der Waals surface area contributed by atoms with Gasteiger partial charge in [0, 0.05) is 30.9 Å². The Balaban J connectivity index is 1.62. The summed E-state index contributed by atoms with van der Waals surface area (Å²) in [6, 6.07) is 2.36. The van der Waals surface area contributed by atoms with E-state index in [9.17, 15) is 17.6 Å². The molecule has 0 amide bonds. The highest BCUT2D eigenvalue weighted by molar-refractivity contribution is 5.88. The van der Waals surface area contributed by atoms with Crippen LogP contribution in [-0.2, 0) is 18.0 Å². The minimum Gasteiger partial charge on any atom is -0.370 e. The van der Waals surface area contributed by atoms with Crippen LogP contribution >= 0.6 is 0 Å². The van der Waals surface area contributed by atoms with Gasteiger partial charge in [0.05, 0.1) is 36.3 Å². The van der Waals surface area contributed by atoms with Crippen LogP contribution in [0.25, 0.3) is 22.4 Å². The van der Waals surface area contributed by atoms with Crippen molar-refractivity contribution >= 4 is 17.1 Å². The van der Waals surface area contributed by atoms with E-state index >= 15 is 0 Å². The molecule has 35 heavy (non-hydrogen) atoms. The number of benzene rings is 1. The van der Waals surface area contributed by atoms with Crippen LogP contribution in [0.5, 0.6) is 0 Å². The monoisotopic (exact) mass is 487 g/mol. The van der Waals surface area contributed by atoms with Crippen molar-refractivity contribution in [2.45, 2.75) is 26.1 Å². The van der Waals surface area contributed by atoms with Gasteiger partial charge in [0.25, 0.3) is 0 Å². The molecule has 3 aromatic heterocycles. The quantitative estimate of drug-likeness (QED) is 0.401. The molecule has 1 fully saturated rings. The zero-order valence-electron chi connectivity index (χ0n) is 19.1. The maximum Gasteiger partial charge on any atom is 0.416 e. The second-order valence-corrected chi connectivity index (χ2v) is 8.38. The van der Waals surface area contributed by atoms with E-state index in [1.807, 2.05) is 18.1 Å². The smallest absolute Gasteiger partial charge is 0.370 e. The normalized spacial score (nSPS) is 16.8. The number of rotatable bonds is 3. The molecule has 0 spiro atoms. The standard InChI is InChI=1S/C23H21F4N7O/c1-12-13(2)30-21-20(29-12)19(16-5-4-15(8-17(16)24)23(25,26)27)31-22(32-21)34-6-7-35-18(11-34)14-9-28-33(3)10-14/h4-5,8-10,18H,6-7,11H2,1-3H3. The van der Waals surface area contributed by atoms with E-state index < -0.39 is 17.6 Å². The van der Waals surface area contributed by atoms with Crippen molar-refractivity contribution in [1.82, 2.24) is 29.7 Å². The van der Waals surface area contributed by atoms with Gasteiger partial charge in [0.15, 0.2) is 5.65 Å². The van der Waals surface area contributed by atoms with Gasteiger partial charge < -0.3 is 9.64 Å². The van der Waals surface area contributed by atoms with Crippen LogP contribution in [0, 0.1) is 19.7 Å². The van der Waals surface area contributed by atoms with E-state index in [1.165, 1.54) is 0 Å². The Morgan fingerprint density at radius 1 is 1.06 bits per heavy atom. The third-order valence-electron chi connectivity index (χ3n) is 5.93. The van der Waals surface area contributed by atoms with Crippen molar-refractivity contribution in [3.8, 4) is 11.3 Å². The Morgan fingerprint density at radius 3 is 2.51 bits per heavy atom. The van der Waals surface area contributed by atoms with Gasteiger partial charge in [-0.3, -0.25) is 4.68 Å². The first-order valence-corrected chi connectivity index (χ1v) is 10.9. The van der Waals surface area contributed by atoms with Gasteiger partial charge >= 0.3 is 6.18 Å². The maximum atomic E-state index is 15.0. The van der Waals surface area contributed by atoms with Crippen LogP contribution in [0.4, 0.5) is 23.5 Å². The number of alkyl halides is 3. The van der Waals surface area contributed by atoms with Crippen LogP contribution in [0.2, 0.25) is 0 Å². The Morgan fingerprint density at radius 2 is 1.83 bits per heavy atom.